The molecule has 0 unspecified atom stereocenters. The van der Waals surface area contributed by atoms with Gasteiger partial charge in [0.25, 0.3) is 5.69 Å². The number of hydrogen-bond donors (Lipinski definition) is 0. The molecule has 0 aliphatic carbocycles. The van der Waals surface area contributed by atoms with E-state index < -0.39 is 4.92 Å². The number of nitrogens with zero attached hydrogens (tertiary/aromatic N) is 1. The fourth-order valence-electron chi connectivity index (χ4n) is 1.54. The zero-order chi connectivity index (χ0) is 14.7. The number of hydrogen-bond acceptors (Lipinski definition) is 3. The Hall–Kier alpha value is -1.11. The van der Waals surface area contributed by atoms with Crippen LogP contribution in [0.1, 0.15) is 5.56 Å². The van der Waals surface area contributed by atoms with Gasteiger partial charge in [0.2, 0.25) is 0 Å². The van der Waals surface area contributed by atoms with E-state index in [1.54, 1.807) is 12.1 Å². The molecule has 0 aliphatic rings. The van der Waals surface area contributed by atoms with Crippen molar-refractivity contribution in [3.8, 4) is 5.75 Å². The Morgan fingerprint density at radius 3 is 2.60 bits per heavy atom. The van der Waals surface area contributed by atoms with Crippen LogP contribution in [-0.2, 0) is 6.61 Å². The highest BCUT2D eigenvalue weighted by molar-refractivity contribution is 9.11. The number of nitro groups is 1. The second kappa shape index (κ2) is 6.56. The Balaban J connectivity index is 2.15. The molecule has 2 aromatic carbocycles. The van der Waals surface area contributed by atoms with E-state index >= 15 is 0 Å². The summed E-state index contributed by atoms with van der Waals surface area (Å²) in [5, 5.41) is 10.9. The minimum atomic E-state index is -0.513. The van der Waals surface area contributed by atoms with Gasteiger partial charge >= 0.3 is 0 Å². The molecule has 0 spiro atoms. The van der Waals surface area contributed by atoms with Crippen LogP contribution >= 0.6 is 43.5 Å². The number of halogens is 3. The highest BCUT2D eigenvalue weighted by atomic mass is 79.9. The summed E-state index contributed by atoms with van der Waals surface area (Å²) in [6, 6.07) is 10.1. The van der Waals surface area contributed by atoms with Gasteiger partial charge in [0.05, 0.1) is 9.40 Å². The Labute approximate surface area is 137 Å². The third-order valence-corrected chi connectivity index (χ3v) is 3.93. The maximum Gasteiger partial charge on any atom is 0.288 e. The maximum absolute atomic E-state index is 10.8. The second-order valence-corrected chi connectivity index (χ2v) is 6.08. The first-order valence-electron chi connectivity index (χ1n) is 5.48. The lowest BCUT2D eigenvalue weighted by molar-refractivity contribution is -0.384. The minimum Gasteiger partial charge on any atom is -0.488 e. The molecule has 0 heterocycles. The molecule has 0 aromatic heterocycles. The molecule has 0 saturated heterocycles. The molecule has 0 aliphatic heterocycles. The molecule has 0 amide bonds. The van der Waals surface area contributed by atoms with Gasteiger partial charge in [-0.2, -0.15) is 0 Å². The monoisotopic (exact) mass is 419 g/mol. The van der Waals surface area contributed by atoms with Crippen molar-refractivity contribution in [3.63, 3.8) is 0 Å². The Morgan fingerprint density at radius 2 is 1.95 bits per heavy atom. The zero-order valence-corrected chi connectivity index (χ0v) is 13.9. The molecule has 2 aromatic rings. The average molecular weight is 421 g/mol. The number of nitro benzene ring substituents is 1. The van der Waals surface area contributed by atoms with Crippen LogP contribution in [0.5, 0.6) is 5.75 Å². The minimum absolute atomic E-state index is 0.114. The molecule has 2 rings (SSSR count). The normalized spacial score (nSPS) is 10.3. The van der Waals surface area contributed by atoms with E-state index in [1.165, 1.54) is 12.1 Å². The molecule has 7 heteroatoms. The molecule has 4 nitrogen and oxygen atoms in total. The molecular formula is C13H8Br2ClNO3. The van der Waals surface area contributed by atoms with Gasteiger partial charge in [0, 0.05) is 10.5 Å². The standard InChI is InChI=1S/C13H8Br2ClNO3/c14-9-2-4-13(10(15)6-9)20-7-8-1-3-11(16)12(5-8)17(18)19/h1-6H,7H2. The van der Waals surface area contributed by atoms with Gasteiger partial charge in [0.15, 0.2) is 0 Å². The van der Waals surface area contributed by atoms with Crippen LogP contribution in [0.3, 0.4) is 0 Å². The summed E-state index contributed by atoms with van der Waals surface area (Å²) in [6.07, 6.45) is 0. The number of benzene rings is 2. The van der Waals surface area contributed by atoms with Crippen molar-refractivity contribution in [2.75, 3.05) is 0 Å². The van der Waals surface area contributed by atoms with Crippen molar-refractivity contribution in [2.45, 2.75) is 6.61 Å². The summed E-state index contributed by atoms with van der Waals surface area (Å²) in [5.74, 6) is 0.658. The van der Waals surface area contributed by atoms with Crippen molar-refractivity contribution in [1.82, 2.24) is 0 Å². The van der Waals surface area contributed by atoms with E-state index in [1.807, 2.05) is 12.1 Å². The molecule has 104 valence electrons. The first-order valence-corrected chi connectivity index (χ1v) is 7.44. The van der Waals surface area contributed by atoms with E-state index in [9.17, 15) is 10.1 Å². The lowest BCUT2D eigenvalue weighted by atomic mass is 10.2. The van der Waals surface area contributed by atoms with Crippen molar-refractivity contribution in [3.05, 3.63) is 66.0 Å². The van der Waals surface area contributed by atoms with Gasteiger partial charge in [-0.05, 0) is 45.8 Å². The highest BCUT2D eigenvalue weighted by Gasteiger charge is 2.13. The van der Waals surface area contributed by atoms with E-state index in [0.29, 0.717) is 11.3 Å². The van der Waals surface area contributed by atoms with Crippen LogP contribution in [0.25, 0.3) is 0 Å². The van der Waals surface area contributed by atoms with E-state index in [2.05, 4.69) is 31.9 Å². The van der Waals surface area contributed by atoms with Crippen molar-refractivity contribution in [1.29, 1.82) is 0 Å². The summed E-state index contributed by atoms with van der Waals surface area (Å²) >= 11 is 12.5. The molecule has 20 heavy (non-hydrogen) atoms. The van der Waals surface area contributed by atoms with Gasteiger partial charge in [-0.15, -0.1) is 0 Å². The first-order chi connectivity index (χ1) is 9.47. The molecule has 0 saturated carbocycles. The van der Waals surface area contributed by atoms with Crippen LogP contribution in [0, 0.1) is 10.1 Å². The van der Waals surface area contributed by atoms with Crippen LogP contribution < -0.4 is 4.74 Å². The zero-order valence-electron chi connectivity index (χ0n) is 9.98. The van der Waals surface area contributed by atoms with E-state index in [0.717, 1.165) is 8.95 Å². The average Bonchev–Trinajstić information content (AvgIpc) is 2.39. The molecule has 0 N–H and O–H groups in total. The second-order valence-electron chi connectivity index (χ2n) is 3.91. The summed E-state index contributed by atoms with van der Waals surface area (Å²) in [5.41, 5.74) is 0.554. The first kappa shape index (κ1) is 15.3. The van der Waals surface area contributed by atoms with Crippen molar-refractivity contribution < 1.29 is 9.66 Å². The van der Waals surface area contributed by atoms with Gasteiger partial charge in [-0.1, -0.05) is 33.6 Å². The molecule has 0 atom stereocenters. The topological polar surface area (TPSA) is 52.4 Å². The summed E-state index contributed by atoms with van der Waals surface area (Å²) in [7, 11) is 0. The fourth-order valence-corrected chi connectivity index (χ4v) is 2.89. The van der Waals surface area contributed by atoms with Crippen molar-refractivity contribution in [2.24, 2.45) is 0 Å². The summed E-state index contributed by atoms with van der Waals surface area (Å²) in [6.45, 7) is 0.220. The van der Waals surface area contributed by atoms with Gasteiger partial charge < -0.3 is 4.74 Å². The van der Waals surface area contributed by atoms with Crippen molar-refractivity contribution >= 4 is 49.1 Å². The molecule has 0 bridgehead atoms. The maximum atomic E-state index is 10.8. The van der Waals surface area contributed by atoms with Crippen LogP contribution in [0.4, 0.5) is 5.69 Å². The van der Waals surface area contributed by atoms with Gasteiger partial charge in [-0.3, -0.25) is 10.1 Å². The SMILES string of the molecule is O=[N+]([O-])c1cc(COc2ccc(Br)cc2Br)ccc1Cl. The Morgan fingerprint density at radius 1 is 1.20 bits per heavy atom. The lowest BCUT2D eigenvalue weighted by Crippen LogP contribution is -1.98. The molecule has 0 fully saturated rings. The lowest BCUT2D eigenvalue weighted by Gasteiger charge is -2.08. The van der Waals surface area contributed by atoms with Gasteiger partial charge in [-0.25, -0.2) is 0 Å². The quantitative estimate of drug-likeness (QED) is 0.494. The predicted molar refractivity (Wildman–Crippen MR) is 84.3 cm³/mol. The smallest absolute Gasteiger partial charge is 0.288 e. The number of rotatable bonds is 4. The fraction of sp³-hybridized carbons (Fsp3) is 0.0769. The van der Waals surface area contributed by atoms with Crippen LogP contribution in [0.2, 0.25) is 5.02 Å². The van der Waals surface area contributed by atoms with Gasteiger partial charge in [0.1, 0.15) is 17.4 Å². The van der Waals surface area contributed by atoms with Crippen LogP contribution in [0.15, 0.2) is 45.3 Å². The Kier molecular flexibility index (Phi) is 5.01. The molecular weight excluding hydrogens is 413 g/mol. The summed E-state index contributed by atoms with van der Waals surface area (Å²) in [4.78, 5) is 10.3. The van der Waals surface area contributed by atoms with E-state index in [-0.39, 0.29) is 17.3 Å². The van der Waals surface area contributed by atoms with E-state index in [4.69, 9.17) is 16.3 Å². The molecule has 0 radical (unpaired) electrons. The van der Waals surface area contributed by atoms with Crippen LogP contribution in [-0.4, -0.2) is 4.92 Å². The summed E-state index contributed by atoms with van der Waals surface area (Å²) < 4.78 is 7.35. The third kappa shape index (κ3) is 3.71. The Bertz CT molecular complexity index is 664. The largest absolute Gasteiger partial charge is 0.488 e. The predicted octanol–water partition coefficient (Wildman–Crippen LogP) is 5.35. The number of ether oxygens (including phenoxy) is 1. The third-order valence-electron chi connectivity index (χ3n) is 2.50. The highest BCUT2D eigenvalue weighted by Crippen LogP contribution is 2.30.